The third-order valence-corrected chi connectivity index (χ3v) is 4.39. The Kier molecular flexibility index (Phi) is 4.06. The van der Waals surface area contributed by atoms with Gasteiger partial charge >= 0.3 is 0 Å². The zero-order valence-electron chi connectivity index (χ0n) is 12.3. The molecule has 1 heterocycles. The summed E-state index contributed by atoms with van der Waals surface area (Å²) in [4.78, 5) is 14.1. The molecule has 0 saturated heterocycles. The number of benzene rings is 1. The first-order valence-corrected chi connectivity index (χ1v) is 7.62. The predicted molar refractivity (Wildman–Crippen MR) is 83.0 cm³/mol. The second-order valence-corrected chi connectivity index (χ2v) is 6.05. The number of anilines is 1. The smallest absolute Gasteiger partial charge is 0.246 e. The van der Waals surface area contributed by atoms with E-state index in [0.717, 1.165) is 23.8 Å². The SMILES string of the molecule is CNC1C(=O)Nc2cc(OCCN(C)C3CC3)c(Cl)cc21. The van der Waals surface area contributed by atoms with E-state index in [0.29, 0.717) is 17.4 Å². The van der Waals surface area contributed by atoms with Gasteiger partial charge in [0.1, 0.15) is 18.4 Å². The Morgan fingerprint density at radius 3 is 2.90 bits per heavy atom. The normalized spacial score (nSPS) is 20.6. The summed E-state index contributed by atoms with van der Waals surface area (Å²) in [6.07, 6.45) is 2.57. The minimum absolute atomic E-state index is 0.0609. The van der Waals surface area contributed by atoms with Crippen molar-refractivity contribution < 1.29 is 9.53 Å². The molecule has 1 unspecified atom stereocenters. The van der Waals surface area contributed by atoms with E-state index in [-0.39, 0.29) is 11.9 Å². The summed E-state index contributed by atoms with van der Waals surface area (Å²) in [7, 11) is 3.87. The van der Waals surface area contributed by atoms with Gasteiger partial charge < -0.3 is 20.3 Å². The lowest BCUT2D eigenvalue weighted by molar-refractivity contribution is -0.117. The Labute approximate surface area is 129 Å². The van der Waals surface area contributed by atoms with Crippen LogP contribution in [0.5, 0.6) is 5.75 Å². The number of halogens is 1. The van der Waals surface area contributed by atoms with Crippen molar-refractivity contribution in [3.63, 3.8) is 0 Å². The van der Waals surface area contributed by atoms with E-state index in [9.17, 15) is 4.79 Å². The van der Waals surface area contributed by atoms with Crippen LogP contribution in [0.3, 0.4) is 0 Å². The van der Waals surface area contributed by atoms with Crippen LogP contribution < -0.4 is 15.4 Å². The maximum atomic E-state index is 11.8. The number of rotatable bonds is 6. The molecular formula is C15H20ClN3O2. The topological polar surface area (TPSA) is 53.6 Å². The zero-order valence-corrected chi connectivity index (χ0v) is 13.0. The number of likely N-dealkylation sites (N-methyl/N-ethyl adjacent to an activating group) is 2. The van der Waals surface area contributed by atoms with Crippen LogP contribution in [0.2, 0.25) is 5.02 Å². The Bertz CT molecular complexity index is 560. The number of nitrogens with zero attached hydrogens (tertiary/aromatic N) is 1. The van der Waals surface area contributed by atoms with Crippen molar-refractivity contribution in [2.75, 3.05) is 32.6 Å². The average Bonchev–Trinajstić information content (AvgIpc) is 3.24. The third-order valence-electron chi connectivity index (χ3n) is 4.10. The number of carbonyl (C=O) groups is 1. The largest absolute Gasteiger partial charge is 0.491 e. The van der Waals surface area contributed by atoms with E-state index in [2.05, 4.69) is 22.6 Å². The predicted octanol–water partition coefficient (Wildman–Crippen LogP) is 2.03. The van der Waals surface area contributed by atoms with Crippen molar-refractivity contribution in [1.29, 1.82) is 0 Å². The van der Waals surface area contributed by atoms with Gasteiger partial charge in [0.25, 0.3) is 0 Å². The molecule has 1 aliphatic heterocycles. The molecule has 1 amide bonds. The molecule has 2 aliphatic rings. The maximum Gasteiger partial charge on any atom is 0.246 e. The van der Waals surface area contributed by atoms with Crippen molar-refractivity contribution in [2.45, 2.75) is 24.9 Å². The van der Waals surface area contributed by atoms with Crippen molar-refractivity contribution in [2.24, 2.45) is 0 Å². The standard InChI is InChI=1S/C15H20ClN3O2/c1-17-14-10-7-11(16)13(8-12(10)18-15(14)20)21-6-5-19(2)9-3-4-9/h7-9,14,17H,3-6H2,1-2H3,(H,18,20). The van der Waals surface area contributed by atoms with E-state index in [1.165, 1.54) is 12.8 Å². The summed E-state index contributed by atoms with van der Waals surface area (Å²) in [6, 6.07) is 3.99. The molecule has 21 heavy (non-hydrogen) atoms. The van der Waals surface area contributed by atoms with Gasteiger partial charge in [-0.05, 0) is 33.0 Å². The fourth-order valence-corrected chi connectivity index (χ4v) is 2.88. The molecule has 1 saturated carbocycles. The molecule has 1 aromatic carbocycles. The molecule has 3 rings (SSSR count). The number of nitrogens with one attached hydrogen (secondary N) is 2. The summed E-state index contributed by atoms with van der Waals surface area (Å²) in [5.41, 5.74) is 1.64. The van der Waals surface area contributed by atoms with Crippen LogP contribution in [0, 0.1) is 0 Å². The lowest BCUT2D eigenvalue weighted by Gasteiger charge is -2.17. The van der Waals surface area contributed by atoms with Crippen LogP contribution in [0.25, 0.3) is 0 Å². The highest BCUT2D eigenvalue weighted by Crippen LogP contribution is 2.38. The van der Waals surface area contributed by atoms with Gasteiger partial charge in [0.05, 0.1) is 5.02 Å². The van der Waals surface area contributed by atoms with E-state index in [1.54, 1.807) is 13.1 Å². The van der Waals surface area contributed by atoms with Crippen LogP contribution in [-0.4, -0.2) is 44.1 Å². The minimum atomic E-state index is -0.340. The molecule has 114 valence electrons. The van der Waals surface area contributed by atoms with E-state index in [4.69, 9.17) is 16.3 Å². The van der Waals surface area contributed by atoms with Gasteiger partial charge in [-0.1, -0.05) is 11.6 Å². The molecule has 1 aliphatic carbocycles. The molecule has 0 aromatic heterocycles. The quantitative estimate of drug-likeness (QED) is 0.844. The van der Waals surface area contributed by atoms with E-state index in [1.807, 2.05) is 6.07 Å². The lowest BCUT2D eigenvalue weighted by atomic mass is 10.1. The van der Waals surface area contributed by atoms with Gasteiger partial charge in [-0.3, -0.25) is 4.79 Å². The Hall–Kier alpha value is -1.30. The Morgan fingerprint density at radius 2 is 2.24 bits per heavy atom. The second-order valence-electron chi connectivity index (χ2n) is 5.64. The molecule has 1 atom stereocenters. The molecule has 0 radical (unpaired) electrons. The Morgan fingerprint density at radius 1 is 1.48 bits per heavy atom. The number of ether oxygens (including phenoxy) is 1. The number of fused-ring (bicyclic) bond motifs is 1. The molecule has 0 bridgehead atoms. The van der Waals surface area contributed by atoms with Crippen LogP contribution in [0.1, 0.15) is 24.4 Å². The van der Waals surface area contributed by atoms with Crippen molar-refractivity contribution in [3.05, 3.63) is 22.7 Å². The molecule has 6 heteroatoms. The van der Waals surface area contributed by atoms with E-state index < -0.39 is 0 Å². The van der Waals surface area contributed by atoms with Gasteiger partial charge in [-0.15, -0.1) is 0 Å². The summed E-state index contributed by atoms with van der Waals surface area (Å²) in [6.45, 7) is 1.47. The molecule has 0 spiro atoms. The number of hydrogen-bond donors (Lipinski definition) is 2. The highest BCUT2D eigenvalue weighted by atomic mass is 35.5. The Balaban J connectivity index is 1.66. The van der Waals surface area contributed by atoms with Crippen LogP contribution in [0.15, 0.2) is 12.1 Å². The van der Waals surface area contributed by atoms with Crippen molar-refractivity contribution in [1.82, 2.24) is 10.2 Å². The molecule has 2 N–H and O–H groups in total. The van der Waals surface area contributed by atoms with Crippen molar-refractivity contribution in [3.8, 4) is 5.75 Å². The highest BCUT2D eigenvalue weighted by Gasteiger charge is 2.30. The summed E-state index contributed by atoms with van der Waals surface area (Å²) in [5, 5.41) is 6.36. The number of hydrogen-bond acceptors (Lipinski definition) is 4. The van der Waals surface area contributed by atoms with E-state index >= 15 is 0 Å². The molecule has 1 fully saturated rings. The molecule has 1 aromatic rings. The minimum Gasteiger partial charge on any atom is -0.491 e. The van der Waals surface area contributed by atoms with Gasteiger partial charge in [0.2, 0.25) is 5.91 Å². The van der Waals surface area contributed by atoms with Crippen LogP contribution >= 0.6 is 11.6 Å². The first-order valence-electron chi connectivity index (χ1n) is 7.24. The molecular weight excluding hydrogens is 290 g/mol. The zero-order chi connectivity index (χ0) is 15.0. The van der Waals surface area contributed by atoms with Crippen LogP contribution in [0.4, 0.5) is 5.69 Å². The highest BCUT2D eigenvalue weighted by molar-refractivity contribution is 6.32. The fourth-order valence-electron chi connectivity index (χ4n) is 2.66. The van der Waals surface area contributed by atoms with Gasteiger partial charge in [-0.25, -0.2) is 0 Å². The first-order chi connectivity index (χ1) is 10.1. The monoisotopic (exact) mass is 309 g/mol. The number of amides is 1. The second kappa shape index (κ2) is 5.83. The van der Waals surface area contributed by atoms with Gasteiger partial charge in [0, 0.05) is 29.9 Å². The maximum absolute atomic E-state index is 11.8. The van der Waals surface area contributed by atoms with Gasteiger partial charge in [-0.2, -0.15) is 0 Å². The first kappa shape index (κ1) is 14.6. The molecule has 5 nitrogen and oxygen atoms in total. The van der Waals surface area contributed by atoms with Gasteiger partial charge in [0.15, 0.2) is 0 Å². The third kappa shape index (κ3) is 3.00. The van der Waals surface area contributed by atoms with Crippen molar-refractivity contribution >= 4 is 23.2 Å². The fraction of sp³-hybridized carbons (Fsp3) is 0.533. The average molecular weight is 310 g/mol. The lowest BCUT2D eigenvalue weighted by Crippen LogP contribution is -2.26. The summed E-state index contributed by atoms with van der Waals surface area (Å²) in [5.74, 6) is 0.561. The summed E-state index contributed by atoms with van der Waals surface area (Å²) < 4.78 is 5.77. The summed E-state index contributed by atoms with van der Waals surface area (Å²) >= 11 is 6.26. The number of carbonyl (C=O) groups excluding carboxylic acids is 1. The van der Waals surface area contributed by atoms with Crippen LogP contribution in [-0.2, 0) is 4.79 Å².